The van der Waals surface area contributed by atoms with Crippen molar-refractivity contribution in [2.45, 2.75) is 18.5 Å². The molecule has 0 spiro atoms. The van der Waals surface area contributed by atoms with Crippen LogP contribution >= 0.6 is 22.9 Å². The number of nitrogens with zero attached hydrogens (tertiary/aromatic N) is 3. The topological polar surface area (TPSA) is 68.4 Å². The highest BCUT2D eigenvalue weighted by atomic mass is 35.5. The number of halogens is 1. The molecule has 0 atom stereocenters. The second-order valence-electron chi connectivity index (χ2n) is 6.36. The Morgan fingerprint density at radius 1 is 1.14 bits per heavy atom. The van der Waals surface area contributed by atoms with Crippen molar-refractivity contribution in [3.8, 4) is 0 Å². The number of thiazole rings is 1. The minimum atomic E-state index is -3.90. The maximum atomic E-state index is 13.0. The number of imidazole rings is 1. The number of hydrogen-bond acceptors (Lipinski definition) is 4. The molecule has 0 saturated heterocycles. The Morgan fingerprint density at radius 2 is 1.93 bits per heavy atom. The minimum absolute atomic E-state index is 0.0389. The Hall–Kier alpha value is -2.55. The standard InChI is InChI=1S/C19H15ClN4O2S2/c1-2-23-15-6-4-3-5-13(15)14-11-12(7-8-16(14)23)22-28(25,26)18-17(20)21-19-24(18)9-10-27-19/h3-11,22H,2H2,1H3. The van der Waals surface area contributed by atoms with E-state index in [1.165, 1.54) is 15.7 Å². The number of aromatic nitrogens is 3. The summed E-state index contributed by atoms with van der Waals surface area (Å²) in [6.45, 7) is 2.92. The zero-order chi connectivity index (χ0) is 19.5. The Morgan fingerprint density at radius 3 is 2.75 bits per heavy atom. The fourth-order valence-corrected chi connectivity index (χ4v) is 6.15. The van der Waals surface area contributed by atoms with Gasteiger partial charge in [-0.15, -0.1) is 11.3 Å². The highest BCUT2D eigenvalue weighted by Crippen LogP contribution is 2.32. The van der Waals surface area contributed by atoms with Crippen molar-refractivity contribution in [3.63, 3.8) is 0 Å². The lowest BCUT2D eigenvalue weighted by molar-refractivity contribution is 0.597. The summed E-state index contributed by atoms with van der Waals surface area (Å²) in [4.78, 5) is 4.64. The first-order chi connectivity index (χ1) is 13.5. The summed E-state index contributed by atoms with van der Waals surface area (Å²) in [5.74, 6) is 0. The molecule has 142 valence electrons. The Balaban J connectivity index is 1.65. The van der Waals surface area contributed by atoms with Gasteiger partial charge in [0.25, 0.3) is 10.0 Å². The largest absolute Gasteiger partial charge is 0.341 e. The predicted octanol–water partition coefficient (Wildman–Crippen LogP) is 4.98. The van der Waals surface area contributed by atoms with Crippen molar-refractivity contribution in [3.05, 3.63) is 59.2 Å². The summed E-state index contributed by atoms with van der Waals surface area (Å²) in [6, 6.07) is 13.7. The number of benzene rings is 2. The molecule has 5 rings (SSSR count). The van der Waals surface area contributed by atoms with Crippen LogP contribution in [0.4, 0.5) is 5.69 Å². The number of hydrogen-bond donors (Lipinski definition) is 1. The predicted molar refractivity (Wildman–Crippen MR) is 114 cm³/mol. The summed E-state index contributed by atoms with van der Waals surface area (Å²) in [5, 5.41) is 3.76. The van der Waals surface area contributed by atoms with E-state index < -0.39 is 10.0 Å². The lowest BCUT2D eigenvalue weighted by atomic mass is 10.1. The van der Waals surface area contributed by atoms with Crippen molar-refractivity contribution >= 4 is 65.4 Å². The summed E-state index contributed by atoms with van der Waals surface area (Å²) in [5.41, 5.74) is 2.67. The molecule has 28 heavy (non-hydrogen) atoms. The fraction of sp³-hybridized carbons (Fsp3) is 0.105. The number of anilines is 1. The van der Waals surface area contributed by atoms with E-state index in [1.807, 2.05) is 30.3 Å². The zero-order valence-corrected chi connectivity index (χ0v) is 17.1. The first-order valence-electron chi connectivity index (χ1n) is 8.64. The third-order valence-corrected chi connectivity index (χ3v) is 7.31. The molecular formula is C19H15ClN4O2S2. The van der Waals surface area contributed by atoms with Crippen LogP contribution in [0, 0.1) is 0 Å². The van der Waals surface area contributed by atoms with E-state index in [4.69, 9.17) is 11.6 Å². The molecule has 6 nitrogen and oxygen atoms in total. The Kier molecular flexibility index (Phi) is 3.90. The van der Waals surface area contributed by atoms with Gasteiger partial charge < -0.3 is 4.57 Å². The van der Waals surface area contributed by atoms with Crippen LogP contribution in [0.25, 0.3) is 26.8 Å². The molecule has 0 radical (unpaired) electrons. The van der Waals surface area contributed by atoms with Gasteiger partial charge in [0.05, 0.1) is 0 Å². The van der Waals surface area contributed by atoms with Gasteiger partial charge in [0.15, 0.2) is 15.1 Å². The number of para-hydroxylation sites is 1. The summed E-state index contributed by atoms with van der Waals surface area (Å²) < 4.78 is 32.3. The molecule has 0 amide bonds. The van der Waals surface area contributed by atoms with E-state index in [1.54, 1.807) is 17.6 Å². The normalized spacial score (nSPS) is 12.4. The van der Waals surface area contributed by atoms with Gasteiger partial charge in [-0.1, -0.05) is 29.8 Å². The monoisotopic (exact) mass is 430 g/mol. The molecule has 9 heteroatoms. The number of aryl methyl sites for hydroxylation is 1. The number of rotatable bonds is 4. The van der Waals surface area contributed by atoms with Crippen LogP contribution in [0.5, 0.6) is 0 Å². The third-order valence-electron chi connectivity index (χ3n) is 4.77. The molecular weight excluding hydrogens is 416 g/mol. The van der Waals surface area contributed by atoms with Gasteiger partial charge in [-0.25, -0.2) is 4.98 Å². The lowest BCUT2D eigenvalue weighted by Crippen LogP contribution is -2.15. The highest BCUT2D eigenvalue weighted by molar-refractivity contribution is 7.92. The van der Waals surface area contributed by atoms with E-state index in [2.05, 4.69) is 27.3 Å². The molecule has 1 N–H and O–H groups in total. The summed E-state index contributed by atoms with van der Waals surface area (Å²) in [6.07, 6.45) is 1.64. The van der Waals surface area contributed by atoms with E-state index in [0.29, 0.717) is 10.6 Å². The van der Waals surface area contributed by atoms with Crippen LogP contribution in [0.3, 0.4) is 0 Å². The highest BCUT2D eigenvalue weighted by Gasteiger charge is 2.25. The number of nitrogens with one attached hydrogen (secondary N) is 1. The van der Waals surface area contributed by atoms with E-state index in [9.17, 15) is 8.42 Å². The fourth-order valence-electron chi connectivity index (χ4n) is 3.64. The van der Waals surface area contributed by atoms with E-state index in [0.717, 1.165) is 28.4 Å². The zero-order valence-electron chi connectivity index (χ0n) is 14.8. The van der Waals surface area contributed by atoms with Crippen LogP contribution in [0.1, 0.15) is 6.92 Å². The Bertz CT molecular complexity index is 1460. The van der Waals surface area contributed by atoms with E-state index >= 15 is 0 Å². The minimum Gasteiger partial charge on any atom is -0.341 e. The van der Waals surface area contributed by atoms with Crippen LogP contribution in [-0.2, 0) is 16.6 Å². The molecule has 0 aliphatic rings. The van der Waals surface area contributed by atoms with Crippen LogP contribution in [-0.4, -0.2) is 22.4 Å². The van der Waals surface area contributed by atoms with Crippen molar-refractivity contribution in [2.24, 2.45) is 0 Å². The molecule has 2 aromatic carbocycles. The summed E-state index contributed by atoms with van der Waals surface area (Å²) in [7, 11) is -3.90. The van der Waals surface area contributed by atoms with Gasteiger partial charge in [-0.05, 0) is 31.2 Å². The molecule has 3 aromatic heterocycles. The molecule has 0 fully saturated rings. The average molecular weight is 431 g/mol. The second kappa shape index (κ2) is 6.23. The van der Waals surface area contributed by atoms with Gasteiger partial charge >= 0.3 is 0 Å². The van der Waals surface area contributed by atoms with Gasteiger partial charge in [-0.2, -0.15) is 8.42 Å². The number of fused-ring (bicyclic) bond motifs is 4. The average Bonchev–Trinajstić information content (AvgIpc) is 3.31. The maximum Gasteiger partial charge on any atom is 0.281 e. The van der Waals surface area contributed by atoms with Crippen LogP contribution < -0.4 is 4.72 Å². The molecule has 5 aromatic rings. The van der Waals surface area contributed by atoms with Gasteiger partial charge in [-0.3, -0.25) is 9.12 Å². The first-order valence-corrected chi connectivity index (χ1v) is 11.4. The summed E-state index contributed by atoms with van der Waals surface area (Å²) >= 11 is 7.43. The molecule has 0 bridgehead atoms. The quantitative estimate of drug-likeness (QED) is 0.437. The molecule has 0 aliphatic carbocycles. The third kappa shape index (κ3) is 2.52. The SMILES string of the molecule is CCn1c2ccccc2c2cc(NS(=O)(=O)c3c(Cl)nc4sccn34)ccc21. The first kappa shape index (κ1) is 17.5. The van der Waals surface area contributed by atoms with Crippen LogP contribution in [0.15, 0.2) is 59.1 Å². The smallest absolute Gasteiger partial charge is 0.281 e. The number of sulfonamides is 1. The molecule has 3 heterocycles. The van der Waals surface area contributed by atoms with Gasteiger partial charge in [0.2, 0.25) is 0 Å². The van der Waals surface area contributed by atoms with Gasteiger partial charge in [0, 0.05) is 45.6 Å². The second-order valence-corrected chi connectivity index (χ2v) is 9.19. The Labute approximate surface area is 170 Å². The van der Waals surface area contributed by atoms with Crippen LogP contribution in [0.2, 0.25) is 5.15 Å². The van der Waals surface area contributed by atoms with Crippen molar-refractivity contribution in [1.82, 2.24) is 14.0 Å². The van der Waals surface area contributed by atoms with E-state index in [-0.39, 0.29) is 10.2 Å². The van der Waals surface area contributed by atoms with Crippen molar-refractivity contribution in [1.29, 1.82) is 0 Å². The van der Waals surface area contributed by atoms with Crippen molar-refractivity contribution < 1.29 is 8.42 Å². The molecule has 0 saturated carbocycles. The maximum absolute atomic E-state index is 13.0. The van der Waals surface area contributed by atoms with Gasteiger partial charge in [0.1, 0.15) is 0 Å². The lowest BCUT2D eigenvalue weighted by Gasteiger charge is -2.08. The molecule has 0 unspecified atom stereocenters. The molecule has 0 aliphatic heterocycles. The van der Waals surface area contributed by atoms with Crippen molar-refractivity contribution in [2.75, 3.05) is 4.72 Å².